The topological polar surface area (TPSA) is 87.7 Å². The van der Waals surface area contributed by atoms with Crippen molar-refractivity contribution in [3.63, 3.8) is 0 Å². The Bertz CT molecular complexity index is 845. The Morgan fingerprint density at radius 3 is 2.68 bits per heavy atom. The number of furan rings is 1. The monoisotopic (exact) mass is 342 g/mol. The van der Waals surface area contributed by atoms with E-state index in [-0.39, 0.29) is 18.1 Å². The number of allylic oxidation sites excluding steroid dienone is 3. The molecule has 0 bridgehead atoms. The number of aliphatic carboxylic acids is 1. The Hall–Kier alpha value is -2.14. The molecule has 1 aromatic heterocycles. The van der Waals surface area contributed by atoms with E-state index >= 15 is 0 Å². The van der Waals surface area contributed by atoms with Gasteiger partial charge in [-0.25, -0.2) is 0 Å². The third kappa shape index (κ3) is 1.77. The summed E-state index contributed by atoms with van der Waals surface area (Å²) in [5.41, 5.74) is -0.930. The molecular formula is C20H22O5. The fraction of sp³-hybridized carbons (Fsp3) is 0.500. The van der Waals surface area contributed by atoms with E-state index in [0.29, 0.717) is 24.0 Å². The van der Waals surface area contributed by atoms with Gasteiger partial charge in [0.25, 0.3) is 0 Å². The average Bonchev–Trinajstić information content (AvgIpc) is 3.16. The lowest BCUT2D eigenvalue weighted by molar-refractivity contribution is -0.172. The predicted octanol–water partition coefficient (Wildman–Crippen LogP) is 3.20. The van der Waals surface area contributed by atoms with Crippen molar-refractivity contribution in [2.24, 2.45) is 16.7 Å². The molecule has 4 unspecified atom stereocenters. The summed E-state index contributed by atoms with van der Waals surface area (Å²) in [6.07, 6.45) is 6.03. The molecule has 3 aliphatic carbocycles. The Kier molecular flexibility index (Phi) is 3.09. The Labute approximate surface area is 146 Å². The van der Waals surface area contributed by atoms with Crippen LogP contribution in [0.1, 0.15) is 45.6 Å². The first-order chi connectivity index (χ1) is 11.6. The second kappa shape index (κ2) is 4.73. The van der Waals surface area contributed by atoms with Gasteiger partial charge in [0, 0.05) is 23.0 Å². The van der Waals surface area contributed by atoms with Crippen LogP contribution in [0.3, 0.4) is 0 Å². The number of carboxylic acid groups (broad SMARTS) is 1. The summed E-state index contributed by atoms with van der Waals surface area (Å²) < 4.78 is 5.19. The average molecular weight is 342 g/mol. The lowest BCUT2D eigenvalue weighted by atomic mass is 9.50. The van der Waals surface area contributed by atoms with E-state index in [1.807, 2.05) is 13.0 Å². The standard InChI is InChI=1S/C20H22O5/c1-11-4-6-20(24)16-15(14(21)9-19(20,3)17(22)23)13(8-18(11,16)2)12-5-7-25-10-12/h5,7-8,10-11,24H,4,6,9H2,1-3H3,(H,22,23). The maximum Gasteiger partial charge on any atom is 0.313 e. The summed E-state index contributed by atoms with van der Waals surface area (Å²) in [6.45, 7) is 5.60. The number of hydrogen-bond acceptors (Lipinski definition) is 4. The SMILES string of the molecule is CC1CCC2(O)C3=C(C(=O)CC2(C)C(=O)O)C(c2ccoc2)=CC31C. The van der Waals surface area contributed by atoms with Gasteiger partial charge in [-0.2, -0.15) is 0 Å². The number of rotatable bonds is 2. The van der Waals surface area contributed by atoms with Crippen LogP contribution in [0, 0.1) is 16.7 Å². The third-order valence-electron chi connectivity index (χ3n) is 6.89. The quantitative estimate of drug-likeness (QED) is 0.862. The van der Waals surface area contributed by atoms with E-state index < -0.39 is 22.4 Å². The molecule has 1 fully saturated rings. The zero-order valence-corrected chi connectivity index (χ0v) is 14.6. The first kappa shape index (κ1) is 16.3. The Balaban J connectivity index is 2.04. The summed E-state index contributed by atoms with van der Waals surface area (Å²) in [5, 5.41) is 21.5. The number of carbonyl (C=O) groups excluding carboxylic acids is 1. The van der Waals surface area contributed by atoms with Crippen LogP contribution in [-0.2, 0) is 9.59 Å². The van der Waals surface area contributed by atoms with E-state index in [2.05, 4.69) is 6.92 Å². The largest absolute Gasteiger partial charge is 0.481 e. The van der Waals surface area contributed by atoms with E-state index in [0.717, 1.165) is 11.1 Å². The van der Waals surface area contributed by atoms with Crippen LogP contribution in [0.2, 0.25) is 0 Å². The second-order valence-corrected chi connectivity index (χ2v) is 8.14. The van der Waals surface area contributed by atoms with Crippen LogP contribution in [0.15, 0.2) is 40.2 Å². The van der Waals surface area contributed by atoms with Crippen LogP contribution >= 0.6 is 0 Å². The van der Waals surface area contributed by atoms with Crippen LogP contribution in [0.5, 0.6) is 0 Å². The number of carboxylic acids is 1. The summed E-state index contributed by atoms with van der Waals surface area (Å²) in [7, 11) is 0. The first-order valence-corrected chi connectivity index (χ1v) is 8.65. The van der Waals surface area contributed by atoms with Gasteiger partial charge < -0.3 is 14.6 Å². The minimum atomic E-state index is -1.52. The number of ketones is 1. The smallest absolute Gasteiger partial charge is 0.313 e. The van der Waals surface area contributed by atoms with Crippen LogP contribution in [-0.4, -0.2) is 27.6 Å². The first-order valence-electron chi connectivity index (χ1n) is 8.65. The molecule has 0 saturated heterocycles. The Morgan fingerprint density at radius 1 is 1.36 bits per heavy atom. The van der Waals surface area contributed by atoms with E-state index in [9.17, 15) is 19.8 Å². The molecule has 1 aromatic rings. The van der Waals surface area contributed by atoms with Crippen LogP contribution in [0.25, 0.3) is 5.57 Å². The molecule has 132 valence electrons. The van der Waals surface area contributed by atoms with Gasteiger partial charge in [-0.1, -0.05) is 19.9 Å². The molecule has 25 heavy (non-hydrogen) atoms. The fourth-order valence-electron chi connectivity index (χ4n) is 5.03. The maximum atomic E-state index is 13.0. The molecule has 4 atom stereocenters. The number of carbonyl (C=O) groups is 2. The van der Waals surface area contributed by atoms with Gasteiger partial charge in [0.1, 0.15) is 11.0 Å². The molecule has 3 aliphatic rings. The van der Waals surface area contributed by atoms with Crippen molar-refractivity contribution in [1.82, 2.24) is 0 Å². The fourth-order valence-corrected chi connectivity index (χ4v) is 5.03. The normalized spacial score (nSPS) is 40.1. The second-order valence-electron chi connectivity index (χ2n) is 8.14. The molecule has 0 aliphatic heterocycles. The van der Waals surface area contributed by atoms with Crippen LogP contribution in [0.4, 0.5) is 0 Å². The van der Waals surface area contributed by atoms with Crippen molar-refractivity contribution in [2.75, 3.05) is 0 Å². The van der Waals surface area contributed by atoms with Gasteiger partial charge >= 0.3 is 5.97 Å². The van der Waals surface area contributed by atoms with E-state index in [1.54, 1.807) is 18.6 Å². The highest BCUT2D eigenvalue weighted by Gasteiger charge is 2.66. The molecule has 0 spiro atoms. The van der Waals surface area contributed by atoms with Crippen molar-refractivity contribution in [3.8, 4) is 0 Å². The van der Waals surface area contributed by atoms with E-state index in [4.69, 9.17) is 4.42 Å². The van der Waals surface area contributed by atoms with Crippen LogP contribution < -0.4 is 0 Å². The molecule has 2 N–H and O–H groups in total. The zero-order valence-electron chi connectivity index (χ0n) is 14.6. The lowest BCUT2D eigenvalue weighted by Gasteiger charge is -2.55. The minimum absolute atomic E-state index is 0.197. The lowest BCUT2D eigenvalue weighted by Crippen LogP contribution is -2.61. The number of aliphatic hydroxyl groups is 1. The summed E-state index contributed by atoms with van der Waals surface area (Å²) in [5.74, 6) is -1.13. The molecular weight excluding hydrogens is 320 g/mol. The minimum Gasteiger partial charge on any atom is -0.481 e. The molecule has 4 rings (SSSR count). The molecule has 0 aromatic carbocycles. The number of hydrogen-bond donors (Lipinski definition) is 2. The highest BCUT2D eigenvalue weighted by molar-refractivity contribution is 6.15. The zero-order chi connectivity index (χ0) is 18.2. The molecule has 0 amide bonds. The van der Waals surface area contributed by atoms with Crippen molar-refractivity contribution in [2.45, 2.75) is 45.6 Å². The summed E-state index contributed by atoms with van der Waals surface area (Å²) in [6, 6.07) is 1.79. The van der Waals surface area contributed by atoms with Gasteiger partial charge in [-0.05, 0) is 42.9 Å². The van der Waals surface area contributed by atoms with Crippen molar-refractivity contribution < 1.29 is 24.2 Å². The van der Waals surface area contributed by atoms with Gasteiger partial charge in [-0.3, -0.25) is 9.59 Å². The molecule has 1 saturated carbocycles. The molecule has 5 nitrogen and oxygen atoms in total. The molecule has 0 radical (unpaired) electrons. The molecule has 1 heterocycles. The predicted molar refractivity (Wildman–Crippen MR) is 90.5 cm³/mol. The van der Waals surface area contributed by atoms with Gasteiger partial charge in [0.15, 0.2) is 5.78 Å². The third-order valence-corrected chi connectivity index (χ3v) is 6.89. The summed E-state index contributed by atoms with van der Waals surface area (Å²) >= 11 is 0. The highest BCUT2D eigenvalue weighted by Crippen LogP contribution is 2.65. The highest BCUT2D eigenvalue weighted by atomic mass is 16.4. The van der Waals surface area contributed by atoms with E-state index in [1.165, 1.54) is 6.92 Å². The number of Topliss-reactive ketones (excluding diaryl/α,β-unsaturated/α-hetero) is 1. The van der Waals surface area contributed by atoms with Gasteiger partial charge in [0.05, 0.1) is 12.5 Å². The van der Waals surface area contributed by atoms with Crippen molar-refractivity contribution >= 4 is 17.3 Å². The Morgan fingerprint density at radius 2 is 2.08 bits per heavy atom. The molecule has 5 heteroatoms. The maximum absolute atomic E-state index is 13.0. The summed E-state index contributed by atoms with van der Waals surface area (Å²) in [4.78, 5) is 25.1. The van der Waals surface area contributed by atoms with Crippen molar-refractivity contribution in [3.05, 3.63) is 41.4 Å². The van der Waals surface area contributed by atoms with Gasteiger partial charge in [-0.15, -0.1) is 0 Å². The van der Waals surface area contributed by atoms with Crippen molar-refractivity contribution in [1.29, 1.82) is 0 Å². The van der Waals surface area contributed by atoms with Gasteiger partial charge in [0.2, 0.25) is 0 Å².